The van der Waals surface area contributed by atoms with Crippen molar-refractivity contribution in [1.82, 2.24) is 10.6 Å². The number of hydrogen-bond donors (Lipinski definition) is 3. The quantitative estimate of drug-likeness (QED) is 0.583. The van der Waals surface area contributed by atoms with E-state index in [-0.39, 0.29) is 33.6 Å². The van der Waals surface area contributed by atoms with E-state index < -0.39 is 21.8 Å². The van der Waals surface area contributed by atoms with Crippen molar-refractivity contribution in [3.05, 3.63) is 59.7 Å². The molecule has 2 aromatic rings. The standard InChI is InChI=1S/C23H28F3N3O3S/c1-21(2)13-18(14-22(3,4)29-21)27-20(30)15-8-10-19(11-9-15)33(31,32)28-17-7-5-6-16(12-17)23(24,25)26/h5-12,18,28-29H,13-14H2,1-4H3,(H,27,30). The lowest BCUT2D eigenvalue weighted by Crippen LogP contribution is -2.62. The first kappa shape index (κ1) is 25.0. The van der Waals surface area contributed by atoms with E-state index in [2.05, 4.69) is 43.1 Å². The lowest BCUT2D eigenvalue weighted by molar-refractivity contribution is -0.137. The second-order valence-electron chi connectivity index (χ2n) is 9.68. The van der Waals surface area contributed by atoms with Crippen molar-refractivity contribution >= 4 is 21.6 Å². The largest absolute Gasteiger partial charge is 0.416 e. The summed E-state index contributed by atoms with van der Waals surface area (Å²) in [5, 5.41) is 6.56. The maximum absolute atomic E-state index is 12.9. The summed E-state index contributed by atoms with van der Waals surface area (Å²) >= 11 is 0. The first-order valence-corrected chi connectivity index (χ1v) is 12.0. The highest BCUT2D eigenvalue weighted by Crippen LogP contribution is 2.31. The molecule has 1 amide bonds. The molecule has 0 spiro atoms. The molecule has 0 aliphatic carbocycles. The Bertz CT molecular complexity index is 1110. The van der Waals surface area contributed by atoms with Gasteiger partial charge in [-0.1, -0.05) is 6.07 Å². The monoisotopic (exact) mass is 483 g/mol. The second kappa shape index (κ2) is 8.64. The van der Waals surface area contributed by atoms with Gasteiger partial charge in [0.15, 0.2) is 0 Å². The molecule has 6 nitrogen and oxygen atoms in total. The molecular weight excluding hydrogens is 455 g/mol. The molecule has 180 valence electrons. The predicted octanol–water partition coefficient (Wildman–Crippen LogP) is 4.55. The van der Waals surface area contributed by atoms with Crippen LogP contribution in [0.2, 0.25) is 0 Å². The Morgan fingerprint density at radius 3 is 2.12 bits per heavy atom. The molecule has 0 saturated carbocycles. The van der Waals surface area contributed by atoms with Gasteiger partial charge in [0.25, 0.3) is 15.9 Å². The summed E-state index contributed by atoms with van der Waals surface area (Å²) in [7, 11) is -4.13. The Hall–Kier alpha value is -2.59. The minimum absolute atomic E-state index is 0.0465. The zero-order valence-electron chi connectivity index (χ0n) is 18.9. The molecule has 1 fully saturated rings. The second-order valence-corrected chi connectivity index (χ2v) is 11.4. The van der Waals surface area contributed by atoms with E-state index in [0.29, 0.717) is 5.56 Å². The first-order chi connectivity index (χ1) is 15.1. The predicted molar refractivity (Wildman–Crippen MR) is 120 cm³/mol. The number of rotatable bonds is 5. The number of halogens is 3. The number of carbonyl (C=O) groups excluding carboxylic acids is 1. The zero-order chi connectivity index (χ0) is 24.7. The number of alkyl halides is 3. The molecule has 1 heterocycles. The van der Waals surface area contributed by atoms with Crippen LogP contribution < -0.4 is 15.4 Å². The highest BCUT2D eigenvalue weighted by Gasteiger charge is 2.38. The Labute approximate surface area is 192 Å². The fourth-order valence-electron chi connectivity index (χ4n) is 4.45. The molecule has 0 aromatic heterocycles. The number of amides is 1. The van der Waals surface area contributed by atoms with Gasteiger partial charge in [-0.15, -0.1) is 0 Å². The number of piperidine rings is 1. The van der Waals surface area contributed by atoms with Crippen LogP contribution in [0.5, 0.6) is 0 Å². The number of carbonyl (C=O) groups is 1. The molecule has 10 heteroatoms. The van der Waals surface area contributed by atoms with Crippen LogP contribution in [-0.2, 0) is 16.2 Å². The average molecular weight is 484 g/mol. The maximum Gasteiger partial charge on any atom is 0.416 e. The smallest absolute Gasteiger partial charge is 0.349 e. The molecule has 0 unspecified atom stereocenters. The van der Waals surface area contributed by atoms with E-state index in [1.165, 1.54) is 30.3 Å². The van der Waals surface area contributed by atoms with Gasteiger partial charge in [0, 0.05) is 28.4 Å². The minimum Gasteiger partial charge on any atom is -0.349 e. The highest BCUT2D eigenvalue weighted by atomic mass is 32.2. The van der Waals surface area contributed by atoms with Crippen molar-refractivity contribution in [3.63, 3.8) is 0 Å². The molecular formula is C23H28F3N3O3S. The van der Waals surface area contributed by atoms with Gasteiger partial charge in [0.2, 0.25) is 0 Å². The molecule has 0 radical (unpaired) electrons. The van der Waals surface area contributed by atoms with Gasteiger partial charge in [-0.05, 0) is 83.0 Å². The Morgan fingerprint density at radius 1 is 1.00 bits per heavy atom. The van der Waals surface area contributed by atoms with E-state index in [4.69, 9.17) is 0 Å². The number of sulfonamides is 1. The van der Waals surface area contributed by atoms with E-state index in [9.17, 15) is 26.4 Å². The van der Waals surface area contributed by atoms with Gasteiger partial charge in [0.05, 0.1) is 10.5 Å². The third-order valence-corrected chi connectivity index (χ3v) is 6.79. The van der Waals surface area contributed by atoms with Crippen molar-refractivity contribution in [3.8, 4) is 0 Å². The van der Waals surface area contributed by atoms with Crippen LogP contribution in [-0.4, -0.2) is 31.4 Å². The van der Waals surface area contributed by atoms with Gasteiger partial charge in [-0.25, -0.2) is 8.42 Å². The van der Waals surface area contributed by atoms with Gasteiger partial charge in [-0.3, -0.25) is 9.52 Å². The third-order valence-electron chi connectivity index (χ3n) is 5.39. The van der Waals surface area contributed by atoms with Gasteiger partial charge < -0.3 is 10.6 Å². The first-order valence-electron chi connectivity index (χ1n) is 10.5. The van der Waals surface area contributed by atoms with Gasteiger partial charge in [-0.2, -0.15) is 13.2 Å². The highest BCUT2D eigenvalue weighted by molar-refractivity contribution is 7.92. The Morgan fingerprint density at radius 2 is 1.58 bits per heavy atom. The van der Waals surface area contributed by atoms with Crippen LogP contribution in [0, 0.1) is 0 Å². The SMILES string of the molecule is CC1(C)CC(NC(=O)c2ccc(S(=O)(=O)Nc3cccc(C(F)(F)F)c3)cc2)CC(C)(C)N1. The third kappa shape index (κ3) is 6.48. The lowest BCUT2D eigenvalue weighted by atomic mass is 9.79. The number of nitrogens with one attached hydrogen (secondary N) is 3. The maximum atomic E-state index is 12.9. The molecule has 0 atom stereocenters. The minimum atomic E-state index is -4.59. The summed E-state index contributed by atoms with van der Waals surface area (Å²) in [6, 6.07) is 9.16. The van der Waals surface area contributed by atoms with Crippen molar-refractivity contribution < 1.29 is 26.4 Å². The number of anilines is 1. The van der Waals surface area contributed by atoms with Crippen molar-refractivity contribution in [2.75, 3.05) is 4.72 Å². The van der Waals surface area contributed by atoms with Crippen molar-refractivity contribution in [1.29, 1.82) is 0 Å². The summed E-state index contributed by atoms with van der Waals surface area (Å²) in [5.41, 5.74) is -1.16. The molecule has 1 aliphatic rings. The Kier molecular flexibility index (Phi) is 6.56. The number of hydrogen-bond acceptors (Lipinski definition) is 4. The molecule has 3 rings (SSSR count). The summed E-state index contributed by atoms with van der Waals surface area (Å²) in [5.74, 6) is -0.316. The normalized spacial score (nSPS) is 18.5. The van der Waals surface area contributed by atoms with E-state index in [1.807, 2.05) is 0 Å². The molecule has 0 bridgehead atoms. The molecule has 1 saturated heterocycles. The topological polar surface area (TPSA) is 87.3 Å². The molecule has 33 heavy (non-hydrogen) atoms. The van der Waals surface area contributed by atoms with E-state index >= 15 is 0 Å². The fourth-order valence-corrected chi connectivity index (χ4v) is 5.50. The number of benzene rings is 2. The van der Waals surface area contributed by atoms with Crippen LogP contribution in [0.25, 0.3) is 0 Å². The average Bonchev–Trinajstić information content (AvgIpc) is 2.64. The summed E-state index contributed by atoms with van der Waals surface area (Å²) in [6.07, 6.45) is -3.10. The van der Waals surface area contributed by atoms with Gasteiger partial charge >= 0.3 is 6.18 Å². The van der Waals surface area contributed by atoms with Crippen LogP contribution in [0.15, 0.2) is 53.4 Å². The van der Waals surface area contributed by atoms with Crippen LogP contribution in [0.3, 0.4) is 0 Å². The summed E-state index contributed by atoms with van der Waals surface area (Å²) < 4.78 is 66.0. The van der Waals surface area contributed by atoms with Gasteiger partial charge in [0.1, 0.15) is 0 Å². The summed E-state index contributed by atoms with van der Waals surface area (Å²) in [4.78, 5) is 12.5. The molecule has 1 aliphatic heterocycles. The van der Waals surface area contributed by atoms with E-state index in [1.54, 1.807) is 0 Å². The zero-order valence-corrected chi connectivity index (χ0v) is 19.7. The summed E-state index contributed by atoms with van der Waals surface area (Å²) in [6.45, 7) is 8.29. The Balaban J connectivity index is 1.71. The van der Waals surface area contributed by atoms with Crippen LogP contribution in [0.1, 0.15) is 56.5 Å². The van der Waals surface area contributed by atoms with Crippen LogP contribution >= 0.6 is 0 Å². The van der Waals surface area contributed by atoms with E-state index in [0.717, 1.165) is 31.0 Å². The molecule has 2 aromatic carbocycles. The lowest BCUT2D eigenvalue weighted by Gasteiger charge is -2.46. The molecule has 3 N–H and O–H groups in total. The van der Waals surface area contributed by atoms with Crippen LogP contribution in [0.4, 0.5) is 18.9 Å². The fraction of sp³-hybridized carbons (Fsp3) is 0.435. The van der Waals surface area contributed by atoms with Crippen molar-refractivity contribution in [2.45, 2.75) is 68.7 Å². The van der Waals surface area contributed by atoms with Crippen molar-refractivity contribution in [2.24, 2.45) is 0 Å².